The van der Waals surface area contributed by atoms with Gasteiger partial charge in [-0.3, -0.25) is 4.79 Å². The topological polar surface area (TPSA) is 105 Å². The largest absolute Gasteiger partial charge is 0.393 e. The standard InChI is InChI=1S/C23H29ClN2O4/c1-23(2,29)19-7-3-16(4-8-19)13-18(22(25)26-30-12-11-27)15-21(28)14-17-5-9-20(24)10-6-17/h3-10,18,27,29H,11-15H2,1-2H3,(H2,25,26)/t18-/m1/s1. The summed E-state index contributed by atoms with van der Waals surface area (Å²) in [4.78, 5) is 17.7. The van der Waals surface area contributed by atoms with Crippen LogP contribution in [0.2, 0.25) is 5.02 Å². The van der Waals surface area contributed by atoms with Crippen molar-refractivity contribution in [2.45, 2.75) is 38.7 Å². The number of hydrogen-bond donors (Lipinski definition) is 3. The average molecular weight is 433 g/mol. The molecule has 0 saturated heterocycles. The minimum atomic E-state index is -0.925. The zero-order valence-corrected chi connectivity index (χ0v) is 18.1. The third kappa shape index (κ3) is 7.78. The molecule has 0 aliphatic rings. The molecule has 0 amide bonds. The van der Waals surface area contributed by atoms with Crippen LogP contribution in [0.15, 0.2) is 53.7 Å². The molecule has 2 aromatic carbocycles. The highest BCUT2D eigenvalue weighted by Crippen LogP contribution is 2.22. The molecule has 0 unspecified atom stereocenters. The van der Waals surface area contributed by atoms with Gasteiger partial charge in [0.1, 0.15) is 18.2 Å². The Labute approximate surface area is 182 Å². The van der Waals surface area contributed by atoms with E-state index in [0.717, 1.165) is 16.7 Å². The molecule has 7 heteroatoms. The van der Waals surface area contributed by atoms with Gasteiger partial charge in [-0.15, -0.1) is 0 Å². The summed E-state index contributed by atoms with van der Waals surface area (Å²) in [7, 11) is 0. The van der Waals surface area contributed by atoms with Crippen LogP contribution in [0.1, 0.15) is 37.0 Å². The molecule has 0 spiro atoms. The summed E-state index contributed by atoms with van der Waals surface area (Å²) in [6, 6.07) is 14.7. The molecule has 2 rings (SSSR count). The lowest BCUT2D eigenvalue weighted by molar-refractivity contribution is -0.118. The molecule has 1 atom stereocenters. The molecular formula is C23H29ClN2O4. The van der Waals surface area contributed by atoms with Gasteiger partial charge in [0, 0.05) is 23.8 Å². The van der Waals surface area contributed by atoms with Crippen molar-refractivity contribution in [2.24, 2.45) is 16.8 Å². The van der Waals surface area contributed by atoms with E-state index in [1.165, 1.54) is 0 Å². The van der Waals surface area contributed by atoms with E-state index in [0.29, 0.717) is 11.4 Å². The fraction of sp³-hybridized carbons (Fsp3) is 0.391. The van der Waals surface area contributed by atoms with Crippen LogP contribution in [0.3, 0.4) is 0 Å². The van der Waals surface area contributed by atoms with Crippen molar-refractivity contribution in [1.29, 1.82) is 0 Å². The highest BCUT2D eigenvalue weighted by molar-refractivity contribution is 6.30. The van der Waals surface area contributed by atoms with Crippen molar-refractivity contribution < 1.29 is 19.8 Å². The van der Waals surface area contributed by atoms with Gasteiger partial charge < -0.3 is 20.8 Å². The zero-order chi connectivity index (χ0) is 22.1. The number of nitrogens with two attached hydrogens (primary N) is 1. The fourth-order valence-electron chi connectivity index (χ4n) is 3.03. The van der Waals surface area contributed by atoms with Gasteiger partial charge in [0.25, 0.3) is 0 Å². The Morgan fingerprint density at radius 1 is 1.13 bits per heavy atom. The highest BCUT2D eigenvalue weighted by atomic mass is 35.5. The quantitative estimate of drug-likeness (QED) is 0.219. The van der Waals surface area contributed by atoms with Gasteiger partial charge in [-0.2, -0.15) is 0 Å². The first kappa shape index (κ1) is 23.9. The normalized spacial score (nSPS) is 13.2. The Bertz CT molecular complexity index is 843. The molecule has 0 bridgehead atoms. The van der Waals surface area contributed by atoms with Gasteiger partial charge in [0.2, 0.25) is 0 Å². The van der Waals surface area contributed by atoms with Crippen LogP contribution in [0.5, 0.6) is 0 Å². The Hall–Kier alpha value is -2.41. The molecule has 0 aliphatic heterocycles. The van der Waals surface area contributed by atoms with E-state index in [1.54, 1.807) is 26.0 Å². The molecule has 0 heterocycles. The van der Waals surface area contributed by atoms with Crippen LogP contribution in [0.25, 0.3) is 0 Å². The van der Waals surface area contributed by atoms with Crippen LogP contribution in [-0.4, -0.2) is 35.0 Å². The third-order valence-corrected chi connectivity index (χ3v) is 4.95. The summed E-state index contributed by atoms with van der Waals surface area (Å²) in [5, 5.41) is 23.5. The lowest BCUT2D eigenvalue weighted by atomic mass is 9.90. The number of Topliss-reactive ketones (excluding diaryl/α,β-unsaturated/α-hetero) is 1. The maximum atomic E-state index is 12.7. The summed E-state index contributed by atoms with van der Waals surface area (Å²) in [6.07, 6.45) is 0.972. The number of carbonyl (C=O) groups is 1. The predicted octanol–water partition coefficient (Wildman–Crippen LogP) is 3.21. The Balaban J connectivity index is 2.12. The molecule has 6 nitrogen and oxygen atoms in total. The van der Waals surface area contributed by atoms with Crippen LogP contribution < -0.4 is 5.73 Å². The van der Waals surface area contributed by atoms with Crippen molar-refractivity contribution in [3.05, 3.63) is 70.2 Å². The number of amidine groups is 1. The minimum Gasteiger partial charge on any atom is -0.393 e. The Morgan fingerprint density at radius 3 is 2.30 bits per heavy atom. The molecule has 0 aromatic heterocycles. The van der Waals surface area contributed by atoms with Gasteiger partial charge >= 0.3 is 0 Å². The minimum absolute atomic E-state index is 0.0238. The lowest BCUT2D eigenvalue weighted by Gasteiger charge is -2.19. The average Bonchev–Trinajstić information content (AvgIpc) is 2.69. The van der Waals surface area contributed by atoms with Crippen molar-refractivity contribution >= 4 is 23.2 Å². The van der Waals surface area contributed by atoms with Gasteiger partial charge in [-0.05, 0) is 49.1 Å². The van der Waals surface area contributed by atoms with Crippen LogP contribution in [0.4, 0.5) is 0 Å². The third-order valence-electron chi connectivity index (χ3n) is 4.70. The second kappa shape index (κ2) is 11.1. The number of aliphatic hydroxyl groups excluding tert-OH is 1. The van der Waals surface area contributed by atoms with Crippen molar-refractivity contribution in [3.8, 4) is 0 Å². The van der Waals surface area contributed by atoms with E-state index in [1.807, 2.05) is 36.4 Å². The van der Waals surface area contributed by atoms with Gasteiger partial charge in [0.15, 0.2) is 0 Å². The summed E-state index contributed by atoms with van der Waals surface area (Å²) >= 11 is 5.90. The smallest absolute Gasteiger partial charge is 0.143 e. The van der Waals surface area contributed by atoms with Gasteiger partial charge in [-0.1, -0.05) is 53.2 Å². The molecule has 2 aromatic rings. The van der Waals surface area contributed by atoms with E-state index in [-0.39, 0.29) is 43.6 Å². The molecular weight excluding hydrogens is 404 g/mol. The molecule has 0 fully saturated rings. The lowest BCUT2D eigenvalue weighted by Crippen LogP contribution is -2.29. The number of carbonyl (C=O) groups excluding carboxylic acids is 1. The van der Waals surface area contributed by atoms with Crippen LogP contribution in [-0.2, 0) is 28.1 Å². The Morgan fingerprint density at radius 2 is 1.73 bits per heavy atom. The number of benzene rings is 2. The monoisotopic (exact) mass is 432 g/mol. The van der Waals surface area contributed by atoms with E-state index >= 15 is 0 Å². The summed E-state index contributed by atoms with van der Waals surface area (Å²) < 4.78 is 0. The summed E-state index contributed by atoms with van der Waals surface area (Å²) in [5.41, 5.74) is 7.82. The number of nitrogens with zero attached hydrogens (tertiary/aromatic N) is 1. The highest BCUT2D eigenvalue weighted by Gasteiger charge is 2.21. The van der Waals surface area contributed by atoms with E-state index in [9.17, 15) is 9.90 Å². The van der Waals surface area contributed by atoms with Crippen molar-refractivity contribution in [2.75, 3.05) is 13.2 Å². The number of ketones is 1. The Kier molecular flexibility index (Phi) is 8.84. The fourth-order valence-corrected chi connectivity index (χ4v) is 3.15. The number of rotatable bonds is 11. The van der Waals surface area contributed by atoms with Crippen molar-refractivity contribution in [3.63, 3.8) is 0 Å². The van der Waals surface area contributed by atoms with Crippen molar-refractivity contribution in [1.82, 2.24) is 0 Å². The maximum absolute atomic E-state index is 12.7. The van der Waals surface area contributed by atoms with Gasteiger partial charge in [-0.25, -0.2) is 0 Å². The molecule has 162 valence electrons. The molecule has 0 saturated carbocycles. The first-order chi connectivity index (χ1) is 14.2. The summed E-state index contributed by atoms with van der Waals surface area (Å²) in [6.45, 7) is 3.31. The van der Waals surface area contributed by atoms with Crippen LogP contribution in [0, 0.1) is 5.92 Å². The predicted molar refractivity (Wildman–Crippen MR) is 118 cm³/mol. The second-order valence-electron chi connectivity index (χ2n) is 7.78. The molecule has 4 N–H and O–H groups in total. The first-order valence-corrected chi connectivity index (χ1v) is 10.2. The first-order valence-electron chi connectivity index (χ1n) is 9.83. The maximum Gasteiger partial charge on any atom is 0.143 e. The zero-order valence-electron chi connectivity index (χ0n) is 17.3. The van der Waals surface area contributed by atoms with Gasteiger partial charge in [0.05, 0.1) is 12.2 Å². The number of hydrogen-bond acceptors (Lipinski definition) is 5. The molecule has 0 aliphatic carbocycles. The SMILES string of the molecule is CC(C)(O)c1ccc(C[C@H](CC(=O)Cc2ccc(Cl)cc2)/C(N)=N/OCCO)cc1. The van der Waals surface area contributed by atoms with E-state index in [2.05, 4.69) is 5.16 Å². The molecule has 30 heavy (non-hydrogen) atoms. The van der Waals surface area contributed by atoms with E-state index in [4.69, 9.17) is 27.3 Å². The summed E-state index contributed by atoms with van der Waals surface area (Å²) in [5.74, 6) is -0.119. The van der Waals surface area contributed by atoms with Crippen LogP contribution >= 0.6 is 11.6 Å². The number of halogens is 1. The number of oxime groups is 1. The van der Waals surface area contributed by atoms with E-state index < -0.39 is 5.60 Å². The number of aliphatic hydroxyl groups is 2. The molecule has 0 radical (unpaired) electrons. The second-order valence-corrected chi connectivity index (χ2v) is 8.21.